The molecule has 1 aromatic heterocycles. The van der Waals surface area contributed by atoms with Gasteiger partial charge < -0.3 is 19.9 Å². The van der Waals surface area contributed by atoms with Crippen molar-refractivity contribution in [3.05, 3.63) is 36.1 Å². The van der Waals surface area contributed by atoms with E-state index < -0.39 is 0 Å². The number of methoxy groups -OCH3 is 1. The average Bonchev–Trinajstić information content (AvgIpc) is 2.82. The topological polar surface area (TPSA) is 76.4 Å². The summed E-state index contributed by atoms with van der Waals surface area (Å²) in [6.07, 6.45) is 0. The molecule has 0 spiro atoms. The maximum absolute atomic E-state index is 11.7. The molecule has 2 rings (SSSR count). The van der Waals surface area contributed by atoms with Gasteiger partial charge in [0, 0.05) is 17.8 Å². The van der Waals surface area contributed by atoms with Gasteiger partial charge in [-0.3, -0.25) is 4.79 Å². The predicted molar refractivity (Wildman–Crippen MR) is 71.4 cm³/mol. The Hall–Kier alpha value is -2.50. The summed E-state index contributed by atoms with van der Waals surface area (Å²) in [6, 6.07) is 8.88. The highest BCUT2D eigenvalue weighted by Crippen LogP contribution is 2.16. The van der Waals surface area contributed by atoms with Crippen molar-refractivity contribution in [3.63, 3.8) is 0 Å². The van der Waals surface area contributed by atoms with Crippen molar-refractivity contribution in [1.82, 2.24) is 5.16 Å². The number of anilines is 2. The number of nitrogens with zero attached hydrogens (tertiary/aromatic N) is 1. The van der Waals surface area contributed by atoms with Crippen molar-refractivity contribution in [2.24, 2.45) is 0 Å². The smallest absolute Gasteiger partial charge is 0.243 e. The van der Waals surface area contributed by atoms with Crippen LogP contribution in [0.1, 0.15) is 5.76 Å². The van der Waals surface area contributed by atoms with Crippen LogP contribution in [0.5, 0.6) is 5.75 Å². The maximum Gasteiger partial charge on any atom is 0.243 e. The van der Waals surface area contributed by atoms with Gasteiger partial charge >= 0.3 is 0 Å². The lowest BCUT2D eigenvalue weighted by Crippen LogP contribution is -2.21. The first-order valence-electron chi connectivity index (χ1n) is 5.78. The van der Waals surface area contributed by atoms with Crippen molar-refractivity contribution in [3.8, 4) is 5.75 Å². The van der Waals surface area contributed by atoms with Gasteiger partial charge in [0.05, 0.1) is 13.7 Å². The van der Waals surface area contributed by atoms with Crippen LogP contribution in [0.25, 0.3) is 0 Å². The van der Waals surface area contributed by atoms with Crippen LogP contribution in [-0.2, 0) is 4.79 Å². The first kappa shape index (κ1) is 12.9. The molecule has 1 heterocycles. The second-order valence-corrected chi connectivity index (χ2v) is 3.96. The van der Waals surface area contributed by atoms with E-state index in [0.717, 1.165) is 0 Å². The van der Waals surface area contributed by atoms with Crippen LogP contribution in [0.15, 0.2) is 34.9 Å². The third-order valence-corrected chi connectivity index (χ3v) is 2.41. The van der Waals surface area contributed by atoms with Crippen LogP contribution >= 0.6 is 0 Å². The number of hydrogen-bond acceptors (Lipinski definition) is 5. The Morgan fingerprint density at radius 1 is 1.42 bits per heavy atom. The summed E-state index contributed by atoms with van der Waals surface area (Å²) in [5.74, 6) is 1.75. The van der Waals surface area contributed by atoms with E-state index >= 15 is 0 Å². The zero-order valence-corrected chi connectivity index (χ0v) is 10.8. The van der Waals surface area contributed by atoms with E-state index in [2.05, 4.69) is 15.8 Å². The van der Waals surface area contributed by atoms with Crippen molar-refractivity contribution >= 4 is 17.4 Å². The largest absolute Gasteiger partial charge is 0.497 e. The molecule has 0 bridgehead atoms. The molecular formula is C13H15N3O3. The highest BCUT2D eigenvalue weighted by atomic mass is 16.5. The molecule has 2 N–H and O–H groups in total. The van der Waals surface area contributed by atoms with Crippen LogP contribution in [-0.4, -0.2) is 24.7 Å². The average molecular weight is 261 g/mol. The zero-order valence-electron chi connectivity index (χ0n) is 10.8. The van der Waals surface area contributed by atoms with Gasteiger partial charge in [0.1, 0.15) is 11.5 Å². The van der Waals surface area contributed by atoms with Gasteiger partial charge in [-0.15, -0.1) is 0 Å². The molecule has 0 aliphatic heterocycles. The molecule has 1 aromatic carbocycles. The summed E-state index contributed by atoms with van der Waals surface area (Å²) in [4.78, 5) is 11.7. The fraction of sp³-hybridized carbons (Fsp3) is 0.231. The molecule has 0 aliphatic rings. The number of aryl methyl sites for hydroxylation is 1. The lowest BCUT2D eigenvalue weighted by atomic mass is 10.3. The molecule has 1 amide bonds. The number of carbonyl (C=O) groups is 1. The monoisotopic (exact) mass is 261 g/mol. The minimum Gasteiger partial charge on any atom is -0.497 e. The highest BCUT2D eigenvalue weighted by Gasteiger charge is 2.05. The molecule has 0 saturated carbocycles. The second-order valence-electron chi connectivity index (χ2n) is 3.96. The first-order valence-corrected chi connectivity index (χ1v) is 5.78. The number of ether oxygens (including phenoxy) is 1. The molecule has 0 unspecified atom stereocenters. The Balaban J connectivity index is 1.86. The molecule has 0 saturated heterocycles. The van der Waals surface area contributed by atoms with Crippen molar-refractivity contribution < 1.29 is 14.1 Å². The number of carbonyl (C=O) groups excluding carboxylic acids is 1. The van der Waals surface area contributed by atoms with E-state index in [1.165, 1.54) is 0 Å². The summed E-state index contributed by atoms with van der Waals surface area (Å²) >= 11 is 0. The Morgan fingerprint density at radius 3 is 2.95 bits per heavy atom. The van der Waals surface area contributed by atoms with E-state index in [9.17, 15) is 4.79 Å². The number of aromatic nitrogens is 1. The van der Waals surface area contributed by atoms with Crippen LogP contribution in [0.2, 0.25) is 0 Å². The van der Waals surface area contributed by atoms with Gasteiger partial charge in [-0.05, 0) is 19.1 Å². The van der Waals surface area contributed by atoms with E-state index in [1.54, 1.807) is 32.2 Å². The zero-order chi connectivity index (χ0) is 13.7. The second kappa shape index (κ2) is 5.90. The standard InChI is InChI=1S/C13H15N3O3/c1-9-6-12(16-19-9)14-8-13(17)15-10-4-3-5-11(7-10)18-2/h3-7H,8H2,1-2H3,(H,14,16)(H,15,17). The number of rotatable bonds is 5. The molecule has 0 aliphatic carbocycles. The molecule has 0 radical (unpaired) electrons. The minimum atomic E-state index is -0.172. The fourth-order valence-corrected chi connectivity index (χ4v) is 1.53. The molecule has 100 valence electrons. The summed E-state index contributed by atoms with van der Waals surface area (Å²) < 4.78 is 9.96. The first-order chi connectivity index (χ1) is 9.17. The quantitative estimate of drug-likeness (QED) is 0.861. The lowest BCUT2D eigenvalue weighted by Gasteiger charge is -2.07. The number of benzene rings is 1. The maximum atomic E-state index is 11.7. The molecule has 6 heteroatoms. The normalized spacial score (nSPS) is 10.0. The molecule has 0 atom stereocenters. The van der Waals surface area contributed by atoms with Crippen LogP contribution in [0.4, 0.5) is 11.5 Å². The Morgan fingerprint density at radius 2 is 2.26 bits per heavy atom. The third kappa shape index (κ3) is 3.74. The molecule has 6 nitrogen and oxygen atoms in total. The van der Waals surface area contributed by atoms with E-state index in [-0.39, 0.29) is 12.5 Å². The van der Waals surface area contributed by atoms with Crippen LogP contribution < -0.4 is 15.4 Å². The fourth-order valence-electron chi connectivity index (χ4n) is 1.53. The lowest BCUT2D eigenvalue weighted by molar-refractivity contribution is -0.114. The summed E-state index contributed by atoms with van der Waals surface area (Å²) in [5, 5.41) is 9.36. The summed E-state index contributed by atoms with van der Waals surface area (Å²) in [6.45, 7) is 1.90. The molecule has 19 heavy (non-hydrogen) atoms. The van der Waals surface area contributed by atoms with Crippen molar-refractivity contribution in [2.75, 3.05) is 24.3 Å². The van der Waals surface area contributed by atoms with E-state index in [0.29, 0.717) is 23.0 Å². The number of hydrogen-bond donors (Lipinski definition) is 2. The van der Waals surface area contributed by atoms with E-state index in [1.807, 2.05) is 12.1 Å². The number of nitrogens with one attached hydrogen (secondary N) is 2. The van der Waals surface area contributed by atoms with Crippen LogP contribution in [0.3, 0.4) is 0 Å². The van der Waals surface area contributed by atoms with Gasteiger partial charge in [0.25, 0.3) is 0 Å². The van der Waals surface area contributed by atoms with Gasteiger partial charge in [0.2, 0.25) is 5.91 Å². The van der Waals surface area contributed by atoms with Gasteiger partial charge in [-0.25, -0.2) is 0 Å². The summed E-state index contributed by atoms with van der Waals surface area (Å²) in [7, 11) is 1.58. The summed E-state index contributed by atoms with van der Waals surface area (Å²) in [5.41, 5.74) is 0.683. The van der Waals surface area contributed by atoms with Crippen molar-refractivity contribution in [1.29, 1.82) is 0 Å². The molecule has 0 fully saturated rings. The highest BCUT2D eigenvalue weighted by molar-refractivity contribution is 5.93. The van der Waals surface area contributed by atoms with Gasteiger partial charge in [0.15, 0.2) is 5.82 Å². The van der Waals surface area contributed by atoms with Gasteiger partial charge in [-0.1, -0.05) is 11.2 Å². The Kier molecular flexibility index (Phi) is 4.02. The van der Waals surface area contributed by atoms with Crippen molar-refractivity contribution in [2.45, 2.75) is 6.92 Å². The van der Waals surface area contributed by atoms with E-state index in [4.69, 9.17) is 9.26 Å². The molecular weight excluding hydrogens is 246 g/mol. The minimum absolute atomic E-state index is 0.114. The Labute approximate surface area is 110 Å². The Bertz CT molecular complexity index is 566. The number of amides is 1. The predicted octanol–water partition coefficient (Wildman–Crippen LogP) is 2.04. The molecule has 2 aromatic rings. The van der Waals surface area contributed by atoms with Crippen LogP contribution in [0, 0.1) is 6.92 Å². The van der Waals surface area contributed by atoms with Gasteiger partial charge in [-0.2, -0.15) is 0 Å². The SMILES string of the molecule is COc1cccc(NC(=O)CNc2cc(C)on2)c1. The third-order valence-electron chi connectivity index (χ3n) is 2.41.